The molecule has 0 N–H and O–H groups in total. The summed E-state index contributed by atoms with van der Waals surface area (Å²) >= 11 is 3.50. The van der Waals surface area contributed by atoms with Gasteiger partial charge in [0.2, 0.25) is 0 Å². The Balaban J connectivity index is 1.94. The molecule has 1 heterocycles. The van der Waals surface area contributed by atoms with E-state index in [1.165, 1.54) is 16.7 Å². The Bertz CT molecular complexity index is 879. The van der Waals surface area contributed by atoms with Gasteiger partial charge in [-0.25, -0.2) is 0 Å². The summed E-state index contributed by atoms with van der Waals surface area (Å²) in [5, 5.41) is 0. The summed E-state index contributed by atoms with van der Waals surface area (Å²) in [6.07, 6.45) is 0. The van der Waals surface area contributed by atoms with Crippen LogP contribution in [0.4, 0.5) is 0 Å². The van der Waals surface area contributed by atoms with Crippen LogP contribution in [0.25, 0.3) is 11.1 Å². The zero-order chi connectivity index (χ0) is 16.0. The van der Waals surface area contributed by atoms with Crippen LogP contribution in [-0.4, -0.2) is 0 Å². The number of hydrogen-bond acceptors (Lipinski definition) is 1. The molecule has 4 rings (SSSR count). The van der Waals surface area contributed by atoms with Gasteiger partial charge in [-0.1, -0.05) is 78.3 Å². The van der Waals surface area contributed by atoms with Gasteiger partial charge in [-0.2, -0.15) is 0 Å². The van der Waals surface area contributed by atoms with Crippen molar-refractivity contribution < 1.29 is 4.74 Å². The lowest BCUT2D eigenvalue weighted by molar-refractivity contribution is 0.419. The van der Waals surface area contributed by atoms with Crippen LogP contribution in [0.5, 0.6) is 11.5 Å². The van der Waals surface area contributed by atoms with Crippen molar-refractivity contribution in [2.24, 2.45) is 0 Å². The van der Waals surface area contributed by atoms with E-state index in [4.69, 9.17) is 4.74 Å². The van der Waals surface area contributed by atoms with E-state index in [9.17, 15) is 0 Å². The average Bonchev–Trinajstić information content (AvgIpc) is 2.56. The molecule has 0 spiro atoms. The van der Waals surface area contributed by atoms with Crippen LogP contribution in [0, 0.1) is 0 Å². The van der Waals surface area contributed by atoms with Gasteiger partial charge in [-0.05, 0) is 23.8 Å². The Morgan fingerprint density at radius 2 is 1.48 bits per heavy atom. The number of hydrogen-bond donors (Lipinski definition) is 0. The van der Waals surface area contributed by atoms with Crippen molar-refractivity contribution in [2.45, 2.75) is 19.3 Å². The second kappa shape index (κ2) is 5.24. The van der Waals surface area contributed by atoms with Crippen LogP contribution in [0.2, 0.25) is 0 Å². The lowest BCUT2D eigenvalue weighted by Gasteiger charge is -2.35. The van der Waals surface area contributed by atoms with E-state index in [-0.39, 0.29) is 5.41 Å². The first-order chi connectivity index (χ1) is 11.1. The average molecular weight is 365 g/mol. The third-order valence-electron chi connectivity index (χ3n) is 4.62. The Hall–Kier alpha value is -2.06. The van der Waals surface area contributed by atoms with Crippen molar-refractivity contribution in [3.05, 3.63) is 82.3 Å². The summed E-state index contributed by atoms with van der Waals surface area (Å²) in [4.78, 5) is 0. The highest BCUT2D eigenvalue weighted by atomic mass is 79.9. The topological polar surface area (TPSA) is 9.23 Å². The molecule has 1 nitrogen and oxygen atoms in total. The monoisotopic (exact) mass is 364 g/mol. The van der Waals surface area contributed by atoms with Crippen LogP contribution in [0.1, 0.15) is 25.0 Å². The molecule has 3 aromatic rings. The molecule has 3 aromatic carbocycles. The van der Waals surface area contributed by atoms with E-state index in [1.54, 1.807) is 0 Å². The van der Waals surface area contributed by atoms with Crippen molar-refractivity contribution in [2.75, 3.05) is 0 Å². The van der Waals surface area contributed by atoms with Crippen LogP contribution in [-0.2, 0) is 5.41 Å². The van der Waals surface area contributed by atoms with Crippen molar-refractivity contribution >= 4 is 15.9 Å². The van der Waals surface area contributed by atoms with Gasteiger partial charge in [0.15, 0.2) is 0 Å². The van der Waals surface area contributed by atoms with Gasteiger partial charge >= 0.3 is 0 Å². The molecular weight excluding hydrogens is 348 g/mol. The van der Waals surface area contributed by atoms with Gasteiger partial charge in [0.05, 0.1) is 0 Å². The van der Waals surface area contributed by atoms with E-state index < -0.39 is 0 Å². The quantitative estimate of drug-likeness (QED) is 0.475. The molecule has 0 unspecified atom stereocenters. The summed E-state index contributed by atoms with van der Waals surface area (Å²) in [6, 6.07) is 23.1. The van der Waals surface area contributed by atoms with Gasteiger partial charge in [0.25, 0.3) is 0 Å². The molecule has 114 valence electrons. The largest absolute Gasteiger partial charge is 0.456 e. The Kier molecular flexibility index (Phi) is 3.31. The highest BCUT2D eigenvalue weighted by molar-refractivity contribution is 9.10. The Morgan fingerprint density at radius 3 is 2.26 bits per heavy atom. The van der Waals surface area contributed by atoms with E-state index >= 15 is 0 Å². The fourth-order valence-corrected chi connectivity index (χ4v) is 3.59. The molecule has 0 radical (unpaired) electrons. The fourth-order valence-electron chi connectivity index (χ4n) is 3.32. The molecule has 0 amide bonds. The molecule has 23 heavy (non-hydrogen) atoms. The number of fused-ring (bicyclic) bond motifs is 2. The number of rotatable bonds is 1. The van der Waals surface area contributed by atoms with E-state index in [2.05, 4.69) is 90.4 Å². The third-order valence-corrected chi connectivity index (χ3v) is 5.14. The molecule has 0 aromatic heterocycles. The van der Waals surface area contributed by atoms with Crippen molar-refractivity contribution in [3.63, 3.8) is 0 Å². The fraction of sp³-hybridized carbons (Fsp3) is 0.143. The predicted molar refractivity (Wildman–Crippen MR) is 98.2 cm³/mol. The molecule has 2 heteroatoms. The zero-order valence-corrected chi connectivity index (χ0v) is 14.7. The highest BCUT2D eigenvalue weighted by Crippen LogP contribution is 2.50. The van der Waals surface area contributed by atoms with Crippen LogP contribution < -0.4 is 4.74 Å². The summed E-state index contributed by atoms with van der Waals surface area (Å²) in [5.74, 6) is 1.92. The smallest absolute Gasteiger partial charge is 0.139 e. The first-order valence-electron chi connectivity index (χ1n) is 7.74. The molecule has 0 atom stereocenters. The first kappa shape index (κ1) is 14.5. The zero-order valence-electron chi connectivity index (χ0n) is 13.1. The molecule has 0 fully saturated rings. The van der Waals surface area contributed by atoms with Crippen LogP contribution in [0.3, 0.4) is 0 Å². The summed E-state index contributed by atoms with van der Waals surface area (Å²) < 4.78 is 7.40. The molecule has 0 saturated heterocycles. The maximum Gasteiger partial charge on any atom is 0.139 e. The molecule has 0 bridgehead atoms. The molecule has 0 saturated carbocycles. The van der Waals surface area contributed by atoms with Gasteiger partial charge in [-0.15, -0.1) is 0 Å². The minimum Gasteiger partial charge on any atom is -0.456 e. The molecular formula is C21H17BrO. The van der Waals surface area contributed by atoms with Gasteiger partial charge in [0, 0.05) is 26.6 Å². The summed E-state index contributed by atoms with van der Waals surface area (Å²) in [5.41, 5.74) is 4.70. The van der Waals surface area contributed by atoms with Crippen molar-refractivity contribution in [1.29, 1.82) is 0 Å². The first-order valence-corrected chi connectivity index (χ1v) is 8.53. The summed E-state index contributed by atoms with van der Waals surface area (Å²) in [7, 11) is 0. The SMILES string of the molecule is CC1(C)c2ccccc2Oc2c(-c3ccc(Br)cc3)cccc21. The lowest BCUT2D eigenvalue weighted by Crippen LogP contribution is -2.24. The second-order valence-corrected chi connectivity index (χ2v) is 7.33. The van der Waals surface area contributed by atoms with Crippen molar-refractivity contribution in [3.8, 4) is 22.6 Å². The number of halogens is 1. The standard InChI is InChI=1S/C21H17BrO/c1-21(2)17-7-3-4-9-19(17)23-20-16(6-5-8-18(20)21)14-10-12-15(22)13-11-14/h3-13H,1-2H3. The second-order valence-electron chi connectivity index (χ2n) is 6.41. The lowest BCUT2D eigenvalue weighted by atomic mass is 9.75. The molecule has 1 aliphatic heterocycles. The van der Waals surface area contributed by atoms with Gasteiger partial charge < -0.3 is 4.74 Å². The van der Waals surface area contributed by atoms with Crippen LogP contribution in [0.15, 0.2) is 71.2 Å². The normalized spacial score (nSPS) is 14.6. The molecule has 1 aliphatic rings. The van der Waals surface area contributed by atoms with E-state index in [0.29, 0.717) is 0 Å². The van der Waals surface area contributed by atoms with E-state index in [0.717, 1.165) is 21.5 Å². The Morgan fingerprint density at radius 1 is 0.783 bits per heavy atom. The van der Waals surface area contributed by atoms with Gasteiger partial charge in [0.1, 0.15) is 11.5 Å². The molecule has 0 aliphatic carbocycles. The summed E-state index contributed by atoms with van der Waals surface area (Å²) in [6.45, 7) is 4.52. The van der Waals surface area contributed by atoms with E-state index in [1.807, 2.05) is 6.07 Å². The van der Waals surface area contributed by atoms with Gasteiger partial charge in [-0.3, -0.25) is 0 Å². The number of benzene rings is 3. The number of para-hydroxylation sites is 2. The maximum absolute atomic E-state index is 6.32. The van der Waals surface area contributed by atoms with Crippen LogP contribution >= 0.6 is 15.9 Å². The maximum atomic E-state index is 6.32. The highest BCUT2D eigenvalue weighted by Gasteiger charge is 2.35. The Labute approximate surface area is 145 Å². The minimum atomic E-state index is -0.0739. The minimum absolute atomic E-state index is 0.0739. The number of ether oxygens (including phenoxy) is 1. The van der Waals surface area contributed by atoms with Crippen molar-refractivity contribution in [1.82, 2.24) is 0 Å². The predicted octanol–water partition coefficient (Wildman–Crippen LogP) is 6.55. The third kappa shape index (κ3) is 2.29.